The molecule has 0 saturated carbocycles. The molecule has 0 aliphatic carbocycles. The predicted molar refractivity (Wildman–Crippen MR) is 60.8 cm³/mol. The van der Waals surface area contributed by atoms with E-state index in [4.69, 9.17) is 0 Å². The molecule has 0 fully saturated rings. The number of hydrogen-bond acceptors (Lipinski definition) is 3. The van der Waals surface area contributed by atoms with Gasteiger partial charge in [0.05, 0.1) is 12.4 Å². The summed E-state index contributed by atoms with van der Waals surface area (Å²) in [6.07, 6.45) is 5.88. The van der Waals surface area contributed by atoms with Gasteiger partial charge in [0.15, 0.2) is 0 Å². The molecular formula is C12H14FN3O. The summed E-state index contributed by atoms with van der Waals surface area (Å²) in [6.45, 7) is 4.27. The molecule has 90 valence electrons. The Morgan fingerprint density at radius 3 is 2.71 bits per heavy atom. The zero-order valence-electron chi connectivity index (χ0n) is 9.76. The van der Waals surface area contributed by atoms with Gasteiger partial charge in [0.25, 0.3) is 0 Å². The average Bonchev–Trinajstić information content (AvgIpc) is 2.78. The van der Waals surface area contributed by atoms with E-state index >= 15 is 0 Å². The minimum absolute atomic E-state index is 0.410. The van der Waals surface area contributed by atoms with Crippen LogP contribution in [0.4, 0.5) is 4.39 Å². The number of pyridine rings is 1. The molecule has 0 aliphatic heterocycles. The van der Waals surface area contributed by atoms with Gasteiger partial charge in [-0.25, -0.2) is 4.39 Å². The van der Waals surface area contributed by atoms with Gasteiger partial charge in [-0.3, -0.25) is 9.67 Å². The molecule has 0 aliphatic rings. The molecular weight excluding hydrogens is 221 g/mol. The van der Waals surface area contributed by atoms with Crippen LogP contribution in [-0.2, 0) is 12.1 Å². The van der Waals surface area contributed by atoms with Gasteiger partial charge in [0.2, 0.25) is 0 Å². The molecule has 2 aromatic heterocycles. The monoisotopic (exact) mass is 235 g/mol. The lowest BCUT2D eigenvalue weighted by atomic mass is 9.92. The summed E-state index contributed by atoms with van der Waals surface area (Å²) in [5, 5.41) is 14.5. The van der Waals surface area contributed by atoms with E-state index < -0.39 is 11.4 Å². The second-order valence-electron chi connectivity index (χ2n) is 4.05. The van der Waals surface area contributed by atoms with Crippen molar-refractivity contribution in [2.75, 3.05) is 0 Å². The van der Waals surface area contributed by atoms with Crippen molar-refractivity contribution < 1.29 is 9.50 Å². The fourth-order valence-electron chi connectivity index (χ4n) is 1.63. The average molecular weight is 235 g/mol. The molecule has 2 heterocycles. The second-order valence-corrected chi connectivity index (χ2v) is 4.05. The van der Waals surface area contributed by atoms with Crippen LogP contribution in [0, 0.1) is 5.82 Å². The van der Waals surface area contributed by atoms with E-state index in [1.54, 1.807) is 24.0 Å². The highest BCUT2D eigenvalue weighted by Gasteiger charge is 2.27. The van der Waals surface area contributed by atoms with Gasteiger partial charge in [-0.1, -0.05) is 0 Å². The molecule has 0 aromatic carbocycles. The molecule has 0 saturated heterocycles. The largest absolute Gasteiger partial charge is 0.381 e. The van der Waals surface area contributed by atoms with Gasteiger partial charge in [-0.05, 0) is 19.9 Å². The van der Waals surface area contributed by atoms with Crippen molar-refractivity contribution in [2.45, 2.75) is 26.0 Å². The third kappa shape index (κ3) is 2.19. The van der Waals surface area contributed by atoms with Crippen LogP contribution in [0.3, 0.4) is 0 Å². The van der Waals surface area contributed by atoms with Crippen molar-refractivity contribution in [1.29, 1.82) is 0 Å². The van der Waals surface area contributed by atoms with Crippen molar-refractivity contribution in [3.05, 3.63) is 47.8 Å². The third-order valence-corrected chi connectivity index (χ3v) is 2.79. The molecule has 0 spiro atoms. The van der Waals surface area contributed by atoms with Crippen LogP contribution in [0.2, 0.25) is 0 Å². The summed E-state index contributed by atoms with van der Waals surface area (Å²) in [4.78, 5) is 3.74. The van der Waals surface area contributed by atoms with Crippen molar-refractivity contribution in [3.63, 3.8) is 0 Å². The molecule has 1 unspecified atom stereocenters. The van der Waals surface area contributed by atoms with Crippen molar-refractivity contribution in [1.82, 2.24) is 14.8 Å². The number of hydrogen-bond donors (Lipinski definition) is 1. The maximum absolute atomic E-state index is 13.1. The highest BCUT2D eigenvalue weighted by molar-refractivity contribution is 5.30. The van der Waals surface area contributed by atoms with E-state index in [1.165, 1.54) is 12.3 Å². The Bertz CT molecular complexity index is 522. The van der Waals surface area contributed by atoms with Crippen molar-refractivity contribution in [3.8, 4) is 0 Å². The zero-order valence-corrected chi connectivity index (χ0v) is 9.76. The second kappa shape index (κ2) is 4.25. The first-order valence-electron chi connectivity index (χ1n) is 5.40. The molecule has 2 rings (SSSR count). The highest BCUT2D eigenvalue weighted by Crippen LogP contribution is 2.28. The van der Waals surface area contributed by atoms with E-state index in [0.29, 0.717) is 11.1 Å². The van der Waals surface area contributed by atoms with Gasteiger partial charge in [-0.2, -0.15) is 5.10 Å². The first-order chi connectivity index (χ1) is 8.04. The van der Waals surface area contributed by atoms with Crippen LogP contribution in [0.5, 0.6) is 0 Å². The van der Waals surface area contributed by atoms with Gasteiger partial charge < -0.3 is 5.11 Å². The van der Waals surface area contributed by atoms with Gasteiger partial charge in [0.1, 0.15) is 11.4 Å². The minimum Gasteiger partial charge on any atom is -0.381 e. The lowest BCUT2D eigenvalue weighted by Gasteiger charge is -2.21. The molecule has 2 aromatic rings. The third-order valence-electron chi connectivity index (χ3n) is 2.79. The molecule has 4 nitrogen and oxygen atoms in total. The number of aliphatic hydroxyl groups is 1. The summed E-state index contributed by atoms with van der Waals surface area (Å²) in [5.41, 5.74) is -0.261. The molecule has 0 radical (unpaired) electrons. The Balaban J connectivity index is 2.41. The standard InChI is InChI=1S/C12H14FN3O/c1-3-16-8-10(6-15-16)12(2,17)9-4-11(13)7-14-5-9/h4-8,17H,3H2,1-2H3. The molecule has 5 heteroatoms. The normalized spacial score (nSPS) is 14.6. The quantitative estimate of drug-likeness (QED) is 0.880. The van der Waals surface area contributed by atoms with Crippen LogP contribution >= 0.6 is 0 Å². The van der Waals surface area contributed by atoms with Crippen LogP contribution < -0.4 is 0 Å². The summed E-state index contributed by atoms with van der Waals surface area (Å²) < 4.78 is 14.8. The van der Waals surface area contributed by atoms with Crippen LogP contribution in [0.15, 0.2) is 30.9 Å². The van der Waals surface area contributed by atoms with Gasteiger partial charge >= 0.3 is 0 Å². The fraction of sp³-hybridized carbons (Fsp3) is 0.333. The molecule has 1 atom stereocenters. The maximum Gasteiger partial charge on any atom is 0.141 e. The summed E-state index contributed by atoms with van der Waals surface area (Å²) in [6, 6.07) is 1.27. The molecule has 0 bridgehead atoms. The van der Waals surface area contributed by atoms with Crippen LogP contribution in [0.25, 0.3) is 0 Å². The van der Waals surface area contributed by atoms with Crippen molar-refractivity contribution >= 4 is 0 Å². The zero-order chi connectivity index (χ0) is 12.5. The fourth-order valence-corrected chi connectivity index (χ4v) is 1.63. The first kappa shape index (κ1) is 11.7. The predicted octanol–water partition coefficient (Wildman–Crippen LogP) is 1.69. The minimum atomic E-state index is -1.29. The Kier molecular flexibility index (Phi) is 2.93. The van der Waals surface area contributed by atoms with E-state index in [2.05, 4.69) is 10.1 Å². The van der Waals surface area contributed by atoms with Crippen LogP contribution in [-0.4, -0.2) is 19.9 Å². The lowest BCUT2D eigenvalue weighted by molar-refractivity contribution is 0.101. The number of aromatic nitrogens is 3. The lowest BCUT2D eigenvalue weighted by Crippen LogP contribution is -2.22. The molecule has 0 amide bonds. The van der Waals surface area contributed by atoms with E-state index in [9.17, 15) is 9.50 Å². The van der Waals surface area contributed by atoms with E-state index in [1.807, 2.05) is 6.92 Å². The van der Waals surface area contributed by atoms with Gasteiger partial charge in [0, 0.05) is 30.1 Å². The van der Waals surface area contributed by atoms with E-state index in [0.717, 1.165) is 12.7 Å². The topological polar surface area (TPSA) is 50.9 Å². The highest BCUT2D eigenvalue weighted by atomic mass is 19.1. The summed E-state index contributed by atoms with van der Waals surface area (Å²) >= 11 is 0. The summed E-state index contributed by atoms with van der Waals surface area (Å²) in [7, 11) is 0. The number of nitrogens with zero attached hydrogens (tertiary/aromatic N) is 3. The molecule has 17 heavy (non-hydrogen) atoms. The first-order valence-corrected chi connectivity index (χ1v) is 5.40. The van der Waals surface area contributed by atoms with Crippen molar-refractivity contribution in [2.24, 2.45) is 0 Å². The smallest absolute Gasteiger partial charge is 0.141 e. The Hall–Kier alpha value is -1.75. The number of rotatable bonds is 3. The molecule has 1 N–H and O–H groups in total. The number of halogens is 1. The number of aryl methyl sites for hydroxylation is 1. The Morgan fingerprint density at radius 2 is 2.12 bits per heavy atom. The SMILES string of the molecule is CCn1cc(C(C)(O)c2cncc(F)c2)cn1. The van der Waals surface area contributed by atoms with Gasteiger partial charge in [-0.15, -0.1) is 0 Å². The van der Waals surface area contributed by atoms with E-state index in [-0.39, 0.29) is 0 Å². The summed E-state index contributed by atoms with van der Waals surface area (Å²) in [5.74, 6) is -0.467. The Labute approximate surface area is 98.7 Å². The maximum atomic E-state index is 13.1. The van der Waals surface area contributed by atoms with Crippen LogP contribution in [0.1, 0.15) is 25.0 Å². The Morgan fingerprint density at radius 1 is 1.35 bits per heavy atom.